The van der Waals surface area contributed by atoms with Gasteiger partial charge < -0.3 is 0 Å². The average molecular weight is 359 g/mol. The Labute approximate surface area is 139 Å². The van der Waals surface area contributed by atoms with Crippen molar-refractivity contribution in [1.82, 2.24) is 0 Å². The molecule has 3 rings (SSSR count). The summed E-state index contributed by atoms with van der Waals surface area (Å²) in [6, 6.07) is 32.3. The first-order chi connectivity index (χ1) is 9.45. The zero-order valence-electron chi connectivity index (χ0n) is 11.0. The van der Waals surface area contributed by atoms with E-state index in [1.807, 2.05) is 0 Å². The van der Waals surface area contributed by atoms with Gasteiger partial charge in [0.1, 0.15) is 0 Å². The predicted molar refractivity (Wildman–Crippen MR) is 102 cm³/mol. The molecule has 0 bridgehead atoms. The van der Waals surface area contributed by atoms with Crippen LogP contribution in [0.4, 0.5) is 0 Å². The van der Waals surface area contributed by atoms with Crippen LogP contribution < -0.4 is 15.9 Å². The second kappa shape index (κ2) is 8.77. The van der Waals surface area contributed by atoms with Crippen LogP contribution in [0.1, 0.15) is 7.43 Å². The molecule has 0 atom stereocenters. The predicted octanol–water partition coefficient (Wildman–Crippen LogP) is 4.66. The van der Waals surface area contributed by atoms with Crippen molar-refractivity contribution in [1.29, 1.82) is 0 Å². The lowest BCUT2D eigenvalue weighted by Crippen LogP contribution is -2.20. The molecular formula is C19H20BrP. The highest BCUT2D eigenvalue weighted by atomic mass is 79.9. The third kappa shape index (κ3) is 4.27. The summed E-state index contributed by atoms with van der Waals surface area (Å²) in [6.45, 7) is 0. The Morgan fingerprint density at radius 3 is 0.905 bits per heavy atom. The fourth-order valence-corrected chi connectivity index (χ4v) is 4.48. The minimum atomic E-state index is -0.446. The zero-order chi connectivity index (χ0) is 12.9. The van der Waals surface area contributed by atoms with E-state index in [4.69, 9.17) is 0 Å². The van der Waals surface area contributed by atoms with E-state index in [9.17, 15) is 0 Å². The fourth-order valence-electron chi connectivity index (χ4n) is 2.18. The summed E-state index contributed by atoms with van der Waals surface area (Å²) in [5.74, 6) is 0. The maximum atomic E-state index is 2.23. The Morgan fingerprint density at radius 2 is 0.667 bits per heavy atom. The van der Waals surface area contributed by atoms with Crippen molar-refractivity contribution in [3.63, 3.8) is 0 Å². The molecule has 108 valence electrons. The van der Waals surface area contributed by atoms with Crippen LogP contribution in [0.15, 0.2) is 91.0 Å². The third-order valence-electron chi connectivity index (χ3n) is 3.04. The van der Waals surface area contributed by atoms with Crippen LogP contribution in [0, 0.1) is 0 Å². The van der Waals surface area contributed by atoms with Gasteiger partial charge in [-0.25, -0.2) is 0 Å². The van der Waals surface area contributed by atoms with Crippen molar-refractivity contribution < 1.29 is 0 Å². The molecule has 0 aromatic heterocycles. The van der Waals surface area contributed by atoms with Gasteiger partial charge in [0, 0.05) is 0 Å². The van der Waals surface area contributed by atoms with Gasteiger partial charge in [-0.15, -0.1) is 17.0 Å². The van der Waals surface area contributed by atoms with E-state index in [0.717, 1.165) is 0 Å². The number of hydrogen-bond donors (Lipinski definition) is 0. The largest absolute Gasteiger partial charge is 0.114 e. The third-order valence-corrected chi connectivity index (χ3v) is 5.49. The monoisotopic (exact) mass is 358 g/mol. The van der Waals surface area contributed by atoms with Gasteiger partial charge in [0.15, 0.2) is 0 Å². The van der Waals surface area contributed by atoms with E-state index in [2.05, 4.69) is 91.0 Å². The van der Waals surface area contributed by atoms with Crippen molar-refractivity contribution in [2.75, 3.05) is 0 Å². The molecule has 0 amide bonds. The molecule has 0 fully saturated rings. The van der Waals surface area contributed by atoms with Gasteiger partial charge in [-0.1, -0.05) is 98.4 Å². The van der Waals surface area contributed by atoms with Gasteiger partial charge in [0.05, 0.1) is 0 Å². The average Bonchev–Trinajstić information content (AvgIpc) is 2.51. The summed E-state index contributed by atoms with van der Waals surface area (Å²) in [6.07, 6.45) is 0. The SMILES string of the molecule is Br.C.c1ccc(P(c2ccccc2)c2ccccc2)cc1. The molecule has 0 heterocycles. The van der Waals surface area contributed by atoms with Gasteiger partial charge in [0.2, 0.25) is 0 Å². The van der Waals surface area contributed by atoms with Crippen LogP contribution in [0.3, 0.4) is 0 Å². The van der Waals surface area contributed by atoms with Gasteiger partial charge in [-0.05, 0) is 23.8 Å². The lowest BCUT2D eigenvalue weighted by atomic mass is 10.4. The molecule has 0 saturated heterocycles. The first kappa shape index (κ1) is 17.6. The quantitative estimate of drug-likeness (QED) is 0.597. The highest BCUT2D eigenvalue weighted by Crippen LogP contribution is 2.32. The molecule has 0 radical (unpaired) electrons. The first-order valence-corrected chi connectivity index (χ1v) is 7.74. The van der Waals surface area contributed by atoms with Crippen LogP contribution in [-0.4, -0.2) is 0 Å². The van der Waals surface area contributed by atoms with E-state index in [1.165, 1.54) is 15.9 Å². The molecular weight excluding hydrogens is 339 g/mol. The van der Waals surface area contributed by atoms with Crippen LogP contribution in [0.2, 0.25) is 0 Å². The van der Waals surface area contributed by atoms with Crippen molar-refractivity contribution in [2.24, 2.45) is 0 Å². The minimum Gasteiger partial charge on any atom is -0.114 e. The maximum Gasteiger partial charge on any atom is -0.0134 e. The van der Waals surface area contributed by atoms with Crippen molar-refractivity contribution >= 4 is 40.8 Å². The summed E-state index contributed by atoms with van der Waals surface area (Å²) < 4.78 is 0. The van der Waals surface area contributed by atoms with Crippen LogP contribution in [0.25, 0.3) is 0 Å². The molecule has 0 N–H and O–H groups in total. The van der Waals surface area contributed by atoms with E-state index in [-0.39, 0.29) is 24.4 Å². The molecule has 3 aromatic rings. The molecule has 0 aliphatic heterocycles. The second-order valence-corrected chi connectivity index (χ2v) is 6.56. The topological polar surface area (TPSA) is 0 Å². The molecule has 21 heavy (non-hydrogen) atoms. The number of hydrogen-bond acceptors (Lipinski definition) is 0. The van der Waals surface area contributed by atoms with Gasteiger partial charge in [-0.2, -0.15) is 0 Å². The van der Waals surface area contributed by atoms with E-state index in [0.29, 0.717) is 0 Å². The molecule has 0 aliphatic carbocycles. The van der Waals surface area contributed by atoms with E-state index < -0.39 is 7.92 Å². The Bertz CT molecular complexity index is 530. The fraction of sp³-hybridized carbons (Fsp3) is 0.0526. The molecule has 0 saturated carbocycles. The van der Waals surface area contributed by atoms with E-state index in [1.54, 1.807) is 0 Å². The number of halogens is 1. The lowest BCUT2D eigenvalue weighted by Gasteiger charge is -2.18. The number of benzene rings is 3. The highest BCUT2D eigenvalue weighted by Gasteiger charge is 2.14. The van der Waals surface area contributed by atoms with Gasteiger partial charge in [0.25, 0.3) is 0 Å². The van der Waals surface area contributed by atoms with Crippen molar-refractivity contribution in [3.8, 4) is 0 Å². The first-order valence-electron chi connectivity index (χ1n) is 6.40. The van der Waals surface area contributed by atoms with Gasteiger partial charge in [-0.3, -0.25) is 0 Å². The lowest BCUT2D eigenvalue weighted by molar-refractivity contribution is 1.74. The summed E-state index contributed by atoms with van der Waals surface area (Å²) in [5, 5.41) is 4.19. The van der Waals surface area contributed by atoms with Crippen LogP contribution >= 0.6 is 24.9 Å². The Balaban J connectivity index is 0.00000110. The molecule has 0 spiro atoms. The van der Waals surface area contributed by atoms with Crippen LogP contribution in [-0.2, 0) is 0 Å². The Hall–Kier alpha value is -1.43. The number of rotatable bonds is 3. The zero-order valence-corrected chi connectivity index (χ0v) is 13.6. The summed E-state index contributed by atoms with van der Waals surface area (Å²) in [4.78, 5) is 0. The molecule has 0 unspecified atom stereocenters. The molecule has 2 heteroatoms. The van der Waals surface area contributed by atoms with Crippen molar-refractivity contribution in [3.05, 3.63) is 91.0 Å². The molecule has 0 aliphatic rings. The Kier molecular flexibility index (Phi) is 7.36. The van der Waals surface area contributed by atoms with E-state index >= 15 is 0 Å². The smallest absolute Gasteiger partial charge is 0.0134 e. The van der Waals surface area contributed by atoms with Crippen molar-refractivity contribution in [2.45, 2.75) is 7.43 Å². The summed E-state index contributed by atoms with van der Waals surface area (Å²) >= 11 is 0. The van der Waals surface area contributed by atoms with Gasteiger partial charge >= 0.3 is 0 Å². The normalized spacial score (nSPS) is 9.57. The molecule has 0 nitrogen and oxygen atoms in total. The minimum absolute atomic E-state index is 0. The summed E-state index contributed by atoms with van der Waals surface area (Å²) in [7, 11) is -0.446. The Morgan fingerprint density at radius 1 is 0.429 bits per heavy atom. The van der Waals surface area contributed by atoms with Crippen LogP contribution in [0.5, 0.6) is 0 Å². The molecule has 3 aromatic carbocycles. The maximum absolute atomic E-state index is 2.23. The summed E-state index contributed by atoms with van der Waals surface area (Å²) in [5.41, 5.74) is 0. The standard InChI is InChI=1S/C18H15P.CH4.BrH/c1-4-10-16(11-5-1)19(17-12-6-2-7-13-17)18-14-8-3-9-15-18;;/h1-15H;1H4;1H. The highest BCUT2D eigenvalue weighted by molar-refractivity contribution is 8.93. The second-order valence-electron chi connectivity index (χ2n) is 4.34.